The molecule has 0 bridgehead atoms. The van der Waals surface area contributed by atoms with Crippen LogP contribution in [0.25, 0.3) is 0 Å². The molecule has 2 rings (SSSR count). The molecule has 1 heterocycles. The van der Waals surface area contributed by atoms with E-state index in [0.29, 0.717) is 16.4 Å². The summed E-state index contributed by atoms with van der Waals surface area (Å²) in [4.78, 5) is 16.5. The number of hydrogen-bond donors (Lipinski definition) is 2. The molecule has 1 aliphatic rings. The number of carboxylic acid groups (broad SMARTS) is 1. The second kappa shape index (κ2) is 4.74. The summed E-state index contributed by atoms with van der Waals surface area (Å²) < 4.78 is 0. The predicted octanol–water partition coefficient (Wildman–Crippen LogP) is 2.48. The van der Waals surface area contributed by atoms with Crippen molar-refractivity contribution >= 4 is 29.0 Å². The smallest absolute Gasteiger partial charge is 0.336 e. The minimum absolute atomic E-state index is 0.226. The molecule has 5 heteroatoms. The molecule has 1 atom stereocenters. The van der Waals surface area contributed by atoms with Crippen LogP contribution in [-0.4, -0.2) is 27.4 Å². The van der Waals surface area contributed by atoms with E-state index >= 15 is 0 Å². The number of aliphatic imine (C=N–C) groups is 1. The molecule has 0 aliphatic carbocycles. The largest absolute Gasteiger partial charge is 0.478 e. The molecule has 0 radical (unpaired) electrons. The maximum atomic E-state index is 11.2. The van der Waals surface area contributed by atoms with Gasteiger partial charge >= 0.3 is 5.97 Å². The molecule has 0 saturated heterocycles. The number of thiocarbonyl (C=S) groups is 1. The van der Waals surface area contributed by atoms with E-state index in [2.05, 4.69) is 10.3 Å². The van der Waals surface area contributed by atoms with Crippen molar-refractivity contribution in [2.75, 3.05) is 0 Å². The lowest BCUT2D eigenvalue weighted by molar-refractivity contribution is 0.0696. The molecule has 0 amide bonds. The number of carboxylic acids is 1. The minimum atomic E-state index is -0.968. The first-order valence-corrected chi connectivity index (χ1v) is 6.51. The zero-order chi connectivity index (χ0) is 14.2. The fraction of sp³-hybridized carbons (Fsp3) is 0.357. The van der Waals surface area contributed by atoms with Crippen LogP contribution in [0.2, 0.25) is 0 Å². The zero-order valence-corrected chi connectivity index (χ0v) is 11.9. The monoisotopic (exact) mass is 276 g/mol. The lowest BCUT2D eigenvalue weighted by Crippen LogP contribution is -2.39. The quantitative estimate of drug-likeness (QED) is 0.833. The third kappa shape index (κ3) is 2.26. The second-order valence-electron chi connectivity index (χ2n) is 5.07. The summed E-state index contributed by atoms with van der Waals surface area (Å²) in [6.07, 6.45) is 0. The molecule has 0 fully saturated rings. The van der Waals surface area contributed by atoms with Crippen LogP contribution in [0, 0.1) is 5.92 Å². The van der Waals surface area contributed by atoms with Crippen molar-refractivity contribution in [3.8, 4) is 0 Å². The van der Waals surface area contributed by atoms with Gasteiger partial charge in [0.15, 0.2) is 0 Å². The molecule has 0 spiro atoms. The van der Waals surface area contributed by atoms with Crippen LogP contribution in [0.5, 0.6) is 0 Å². The van der Waals surface area contributed by atoms with Crippen LogP contribution < -0.4 is 5.32 Å². The van der Waals surface area contributed by atoms with Crippen molar-refractivity contribution in [2.45, 2.75) is 26.3 Å². The topological polar surface area (TPSA) is 61.7 Å². The Kier molecular flexibility index (Phi) is 3.41. The average molecular weight is 276 g/mol. The molecule has 2 N–H and O–H groups in total. The van der Waals surface area contributed by atoms with Gasteiger partial charge in [-0.3, -0.25) is 4.99 Å². The van der Waals surface area contributed by atoms with Crippen LogP contribution in [0.15, 0.2) is 29.3 Å². The maximum absolute atomic E-state index is 11.2. The summed E-state index contributed by atoms with van der Waals surface area (Å²) >= 11 is 5.34. The fourth-order valence-corrected chi connectivity index (χ4v) is 2.32. The Morgan fingerprint density at radius 2 is 2.05 bits per heavy atom. The zero-order valence-electron chi connectivity index (χ0n) is 11.1. The Hall–Kier alpha value is -1.75. The summed E-state index contributed by atoms with van der Waals surface area (Å²) in [6.45, 7) is 6.05. The highest BCUT2D eigenvalue weighted by Crippen LogP contribution is 2.28. The van der Waals surface area contributed by atoms with Gasteiger partial charge in [0.25, 0.3) is 0 Å². The predicted molar refractivity (Wildman–Crippen MR) is 78.9 cm³/mol. The molecule has 4 nitrogen and oxygen atoms in total. The number of hydrogen-bond acceptors (Lipinski definition) is 3. The van der Waals surface area contributed by atoms with Gasteiger partial charge in [-0.15, -0.1) is 0 Å². The van der Waals surface area contributed by atoms with E-state index in [0.717, 1.165) is 0 Å². The van der Waals surface area contributed by atoms with Gasteiger partial charge in [-0.2, -0.15) is 0 Å². The number of nitrogens with one attached hydrogen (secondary N) is 1. The van der Waals surface area contributed by atoms with Crippen LogP contribution in [-0.2, 0) is 0 Å². The van der Waals surface area contributed by atoms with Crippen LogP contribution >= 0.6 is 12.2 Å². The standard InChI is InChI=1S/C14H16N2O2S/c1-8(2)14(3)13(19)15-11(16-14)9-6-4-5-7-10(9)12(17)18/h4-8H,1-3H3,(H,17,18)(H,15,16,19). The maximum Gasteiger partial charge on any atom is 0.336 e. The second-order valence-corrected chi connectivity index (χ2v) is 5.48. The van der Waals surface area contributed by atoms with E-state index in [-0.39, 0.29) is 11.5 Å². The summed E-state index contributed by atoms with van der Waals surface area (Å²) in [5, 5.41) is 12.3. The molecule has 0 aromatic heterocycles. The first kappa shape index (κ1) is 13.7. The van der Waals surface area contributed by atoms with E-state index in [1.165, 1.54) is 0 Å². The lowest BCUT2D eigenvalue weighted by atomic mass is 9.90. The first-order chi connectivity index (χ1) is 8.86. The Bertz CT molecular complexity index is 581. The Labute approximate surface area is 117 Å². The number of rotatable bonds is 3. The van der Waals surface area contributed by atoms with Crippen LogP contribution in [0.3, 0.4) is 0 Å². The van der Waals surface area contributed by atoms with Gasteiger partial charge in [-0.05, 0) is 18.9 Å². The third-order valence-electron chi connectivity index (χ3n) is 3.57. The van der Waals surface area contributed by atoms with Gasteiger partial charge in [-0.25, -0.2) is 4.79 Å². The van der Waals surface area contributed by atoms with Crippen molar-refractivity contribution in [3.63, 3.8) is 0 Å². The molecule has 1 aliphatic heterocycles. The van der Waals surface area contributed by atoms with E-state index in [1.807, 2.05) is 20.8 Å². The third-order valence-corrected chi connectivity index (χ3v) is 4.09. The molecule has 1 unspecified atom stereocenters. The van der Waals surface area contributed by atoms with Crippen LogP contribution in [0.4, 0.5) is 0 Å². The van der Waals surface area contributed by atoms with Gasteiger partial charge in [0, 0.05) is 5.56 Å². The van der Waals surface area contributed by atoms with E-state index in [4.69, 9.17) is 12.2 Å². The molecule has 100 valence electrons. The lowest BCUT2D eigenvalue weighted by Gasteiger charge is -2.24. The van der Waals surface area contributed by atoms with E-state index in [1.54, 1.807) is 24.3 Å². The van der Waals surface area contributed by atoms with Crippen molar-refractivity contribution in [1.29, 1.82) is 0 Å². The Morgan fingerprint density at radius 1 is 1.42 bits per heavy atom. The number of benzene rings is 1. The van der Waals surface area contributed by atoms with Crippen molar-refractivity contribution in [3.05, 3.63) is 35.4 Å². The van der Waals surface area contributed by atoms with Gasteiger partial charge in [-0.1, -0.05) is 44.3 Å². The van der Waals surface area contributed by atoms with Crippen LogP contribution in [0.1, 0.15) is 36.7 Å². The minimum Gasteiger partial charge on any atom is -0.478 e. The molecule has 19 heavy (non-hydrogen) atoms. The van der Waals surface area contributed by atoms with Gasteiger partial charge in [0.05, 0.1) is 5.56 Å². The number of aromatic carboxylic acids is 1. The van der Waals surface area contributed by atoms with E-state index in [9.17, 15) is 9.90 Å². The molecular weight excluding hydrogens is 260 g/mol. The molecule has 1 aromatic rings. The van der Waals surface area contributed by atoms with Gasteiger partial charge in [0.2, 0.25) is 0 Å². The first-order valence-electron chi connectivity index (χ1n) is 6.10. The number of nitrogens with zero attached hydrogens (tertiary/aromatic N) is 1. The summed E-state index contributed by atoms with van der Waals surface area (Å²) in [5.74, 6) is -0.189. The normalized spacial score (nSPS) is 22.3. The Balaban J connectivity index is 2.51. The average Bonchev–Trinajstić information content (AvgIpc) is 2.67. The van der Waals surface area contributed by atoms with E-state index < -0.39 is 11.5 Å². The molecular formula is C14H16N2O2S. The highest BCUT2D eigenvalue weighted by Gasteiger charge is 2.39. The van der Waals surface area contributed by atoms with Gasteiger partial charge in [0.1, 0.15) is 16.4 Å². The highest BCUT2D eigenvalue weighted by atomic mass is 32.1. The Morgan fingerprint density at radius 3 is 2.58 bits per heavy atom. The summed E-state index contributed by atoms with van der Waals surface area (Å²) in [5.41, 5.74) is 0.322. The summed E-state index contributed by atoms with van der Waals surface area (Å²) in [7, 11) is 0. The fourth-order valence-electron chi connectivity index (χ4n) is 1.94. The number of carbonyl (C=O) groups is 1. The SMILES string of the molecule is CC(C)C1(C)N=C(c2ccccc2C(=O)O)NC1=S. The van der Waals surface area contributed by atoms with Crippen molar-refractivity contribution < 1.29 is 9.90 Å². The van der Waals surface area contributed by atoms with Gasteiger partial charge < -0.3 is 10.4 Å². The highest BCUT2D eigenvalue weighted by molar-refractivity contribution is 7.80. The van der Waals surface area contributed by atoms with Crippen molar-refractivity contribution in [1.82, 2.24) is 5.32 Å². The summed E-state index contributed by atoms with van der Waals surface area (Å²) in [6, 6.07) is 6.79. The molecule has 1 aromatic carbocycles. The van der Waals surface area contributed by atoms with Crippen molar-refractivity contribution in [2.24, 2.45) is 10.9 Å². The molecule has 0 saturated carbocycles. The number of amidine groups is 1.